The van der Waals surface area contributed by atoms with E-state index in [1.807, 2.05) is 51.1 Å². The zero-order valence-corrected chi connectivity index (χ0v) is 18.9. The highest BCUT2D eigenvalue weighted by Crippen LogP contribution is 2.29. The van der Waals surface area contributed by atoms with Crippen LogP contribution in [0.25, 0.3) is 5.70 Å². The number of nitrogens with one attached hydrogen (secondary N) is 1. The molecule has 1 saturated heterocycles. The number of rotatable bonds is 3. The zero-order valence-electron chi connectivity index (χ0n) is 18.9. The van der Waals surface area contributed by atoms with E-state index in [4.69, 9.17) is 9.72 Å². The van der Waals surface area contributed by atoms with Gasteiger partial charge in [-0.25, -0.2) is 14.8 Å². The molecule has 168 valence electrons. The standard InChI is InChI=1S/C23H29N7O2/c1-23(2,3)32-22(31)29-11-5-6-17(15-29)28(4)20-9-10-25-21(27-20)18-13-26-19-8-7-16(12-24)14-30(18)19/h7-10,13-14,17,19,26H,5-6,11,15H2,1-4H3. The van der Waals surface area contributed by atoms with Crippen molar-refractivity contribution in [3.05, 3.63) is 48.2 Å². The van der Waals surface area contributed by atoms with Crippen molar-refractivity contribution in [1.29, 1.82) is 5.26 Å². The van der Waals surface area contributed by atoms with E-state index in [0.29, 0.717) is 24.5 Å². The summed E-state index contributed by atoms with van der Waals surface area (Å²) in [6.45, 7) is 6.92. The van der Waals surface area contributed by atoms with E-state index in [2.05, 4.69) is 21.3 Å². The van der Waals surface area contributed by atoms with Crippen LogP contribution in [-0.4, -0.2) is 63.8 Å². The normalized spacial score (nSPS) is 22.3. The predicted octanol–water partition coefficient (Wildman–Crippen LogP) is 2.82. The molecule has 0 aromatic carbocycles. The van der Waals surface area contributed by atoms with Crippen molar-refractivity contribution in [1.82, 2.24) is 25.1 Å². The first-order valence-electron chi connectivity index (χ1n) is 10.8. The summed E-state index contributed by atoms with van der Waals surface area (Å²) >= 11 is 0. The van der Waals surface area contributed by atoms with Crippen LogP contribution in [0.1, 0.15) is 39.4 Å². The number of likely N-dealkylation sites (tertiary alicyclic amines) is 1. The Morgan fingerprint density at radius 1 is 1.41 bits per heavy atom. The van der Waals surface area contributed by atoms with Gasteiger partial charge >= 0.3 is 6.09 Å². The maximum Gasteiger partial charge on any atom is 0.410 e. The van der Waals surface area contributed by atoms with E-state index in [1.165, 1.54) is 0 Å². The third-order valence-corrected chi connectivity index (χ3v) is 5.66. The molecule has 9 nitrogen and oxygen atoms in total. The Hall–Kier alpha value is -3.54. The van der Waals surface area contributed by atoms with Crippen LogP contribution in [0.4, 0.5) is 10.6 Å². The van der Waals surface area contributed by atoms with Crippen molar-refractivity contribution < 1.29 is 9.53 Å². The third-order valence-electron chi connectivity index (χ3n) is 5.66. The van der Waals surface area contributed by atoms with Crippen molar-refractivity contribution in [2.45, 2.75) is 51.4 Å². The van der Waals surface area contributed by atoms with Gasteiger partial charge in [0.1, 0.15) is 29.4 Å². The van der Waals surface area contributed by atoms with E-state index in [-0.39, 0.29) is 18.3 Å². The largest absolute Gasteiger partial charge is 0.444 e. The van der Waals surface area contributed by atoms with Crippen LogP contribution < -0.4 is 10.2 Å². The molecule has 0 bridgehead atoms. The number of nitrogens with zero attached hydrogens (tertiary/aromatic N) is 6. The summed E-state index contributed by atoms with van der Waals surface area (Å²) in [7, 11) is 2.00. The molecule has 1 N–H and O–H groups in total. The molecule has 1 fully saturated rings. The van der Waals surface area contributed by atoms with Gasteiger partial charge in [-0.3, -0.25) is 0 Å². The van der Waals surface area contributed by atoms with Crippen LogP contribution >= 0.6 is 0 Å². The lowest BCUT2D eigenvalue weighted by molar-refractivity contribution is 0.0199. The summed E-state index contributed by atoms with van der Waals surface area (Å²) in [5.74, 6) is 1.36. The number of fused-ring (bicyclic) bond motifs is 1. The smallest absolute Gasteiger partial charge is 0.410 e. The number of nitriles is 1. The van der Waals surface area contributed by atoms with Gasteiger partial charge in [-0.2, -0.15) is 5.26 Å². The fraction of sp³-hybridized carbons (Fsp3) is 0.478. The van der Waals surface area contributed by atoms with Crippen LogP contribution in [0.5, 0.6) is 0 Å². The molecular formula is C23H29N7O2. The van der Waals surface area contributed by atoms with Gasteiger partial charge in [-0.05, 0) is 51.8 Å². The van der Waals surface area contributed by atoms with Crippen LogP contribution in [-0.2, 0) is 4.74 Å². The molecule has 4 heterocycles. The van der Waals surface area contributed by atoms with Gasteiger partial charge in [0.2, 0.25) is 0 Å². The number of allylic oxidation sites excluding steroid dienone is 2. The fourth-order valence-electron chi connectivity index (χ4n) is 4.02. The second-order valence-corrected chi connectivity index (χ2v) is 9.18. The van der Waals surface area contributed by atoms with Gasteiger partial charge in [0, 0.05) is 44.8 Å². The molecule has 3 aliphatic rings. The highest BCUT2D eigenvalue weighted by molar-refractivity contribution is 5.68. The van der Waals surface area contributed by atoms with Gasteiger partial charge < -0.3 is 24.8 Å². The Kier molecular flexibility index (Phi) is 5.78. The lowest BCUT2D eigenvalue weighted by Gasteiger charge is -2.38. The summed E-state index contributed by atoms with van der Waals surface area (Å²) in [5, 5.41) is 12.5. The second kappa shape index (κ2) is 8.54. The molecule has 4 rings (SSSR count). The molecule has 0 saturated carbocycles. The summed E-state index contributed by atoms with van der Waals surface area (Å²) < 4.78 is 5.55. The number of carbonyl (C=O) groups is 1. The lowest BCUT2D eigenvalue weighted by atomic mass is 10.0. The molecule has 2 atom stereocenters. The Labute approximate surface area is 188 Å². The van der Waals surface area contributed by atoms with Crippen molar-refractivity contribution >= 4 is 17.6 Å². The summed E-state index contributed by atoms with van der Waals surface area (Å²) in [4.78, 5) is 27.6. The Balaban J connectivity index is 1.49. The molecule has 0 spiro atoms. The average Bonchev–Trinajstić information content (AvgIpc) is 3.21. The molecule has 1 aromatic rings. The summed E-state index contributed by atoms with van der Waals surface area (Å²) in [6.07, 6.45) is 10.7. The minimum absolute atomic E-state index is 0.0483. The van der Waals surface area contributed by atoms with E-state index < -0.39 is 5.60 Å². The van der Waals surface area contributed by atoms with E-state index in [9.17, 15) is 10.1 Å². The maximum atomic E-state index is 12.5. The predicted molar refractivity (Wildman–Crippen MR) is 121 cm³/mol. The second-order valence-electron chi connectivity index (χ2n) is 9.18. The molecule has 3 aliphatic heterocycles. The van der Waals surface area contributed by atoms with Gasteiger partial charge in [-0.15, -0.1) is 0 Å². The maximum absolute atomic E-state index is 12.5. The molecule has 9 heteroatoms. The van der Waals surface area contributed by atoms with E-state index in [0.717, 1.165) is 24.4 Å². The van der Waals surface area contributed by atoms with Crippen LogP contribution in [0.15, 0.2) is 42.4 Å². The number of hydrogen-bond acceptors (Lipinski definition) is 8. The van der Waals surface area contributed by atoms with Gasteiger partial charge in [0.05, 0.1) is 5.57 Å². The fourth-order valence-corrected chi connectivity index (χ4v) is 4.02. The van der Waals surface area contributed by atoms with Crippen molar-refractivity contribution in [3.63, 3.8) is 0 Å². The first kappa shape index (κ1) is 21.7. The lowest BCUT2D eigenvalue weighted by Crippen LogP contribution is -2.50. The molecule has 1 amide bonds. The number of anilines is 1. The van der Waals surface area contributed by atoms with Gasteiger partial charge in [0.15, 0.2) is 5.82 Å². The van der Waals surface area contributed by atoms with Crippen molar-refractivity contribution in [2.75, 3.05) is 25.0 Å². The average molecular weight is 436 g/mol. The van der Waals surface area contributed by atoms with Crippen molar-refractivity contribution in [2.24, 2.45) is 0 Å². The first-order chi connectivity index (χ1) is 15.2. The Morgan fingerprint density at radius 3 is 2.97 bits per heavy atom. The van der Waals surface area contributed by atoms with Crippen molar-refractivity contribution in [3.8, 4) is 6.07 Å². The molecule has 0 aliphatic carbocycles. The third kappa shape index (κ3) is 4.54. The highest BCUT2D eigenvalue weighted by Gasteiger charge is 2.31. The quantitative estimate of drug-likeness (QED) is 0.774. The number of hydrogen-bond donors (Lipinski definition) is 1. The number of piperidine rings is 1. The number of likely N-dealkylation sites (N-methyl/N-ethyl adjacent to an activating group) is 1. The molecular weight excluding hydrogens is 406 g/mol. The molecule has 2 unspecified atom stereocenters. The number of ether oxygens (including phenoxy) is 1. The topological polar surface area (TPSA) is 97.6 Å². The number of carbonyl (C=O) groups excluding carboxylic acids is 1. The Bertz CT molecular complexity index is 1020. The number of amides is 1. The minimum Gasteiger partial charge on any atom is -0.444 e. The number of aromatic nitrogens is 2. The molecule has 32 heavy (non-hydrogen) atoms. The van der Waals surface area contributed by atoms with Crippen LogP contribution in [0.2, 0.25) is 0 Å². The first-order valence-corrected chi connectivity index (χ1v) is 10.8. The molecule has 1 aromatic heterocycles. The highest BCUT2D eigenvalue weighted by atomic mass is 16.6. The monoisotopic (exact) mass is 435 g/mol. The minimum atomic E-state index is -0.512. The SMILES string of the molecule is CN(c1ccnc(C2=CNC3C=CC(C#N)=CN23)n1)C1CCCN(C(=O)OC(C)(C)C)C1. The van der Waals surface area contributed by atoms with Gasteiger partial charge in [-0.1, -0.05) is 0 Å². The van der Waals surface area contributed by atoms with Gasteiger partial charge in [0.25, 0.3) is 0 Å². The Morgan fingerprint density at radius 2 is 2.22 bits per heavy atom. The van der Waals surface area contributed by atoms with Crippen LogP contribution in [0.3, 0.4) is 0 Å². The van der Waals surface area contributed by atoms with E-state index in [1.54, 1.807) is 23.4 Å². The molecule has 0 radical (unpaired) electrons. The van der Waals surface area contributed by atoms with Crippen LogP contribution in [0, 0.1) is 11.3 Å². The summed E-state index contributed by atoms with van der Waals surface area (Å²) in [6, 6.07) is 4.18. The summed E-state index contributed by atoms with van der Waals surface area (Å²) in [5.41, 5.74) is 0.872. The zero-order chi connectivity index (χ0) is 22.9. The van der Waals surface area contributed by atoms with E-state index >= 15 is 0 Å².